The standard InChI is InChI=1S/C21H23FN4O3.C7H8N2O/c1-4-23-18(27)7-8-24-21(29)19-11(2)17(25-12(19)3)10-15-14-9-13(22)5-6-16(14)26-20(15)28;8-6-3-1-2-4-7(6)9-5-10/h5-6,9-10,25H,4,7-8H2,1-3H3,(H,23,27)(H,24,29)(H,26,28);1-5H,8H2,(H,9,10)/b15-10-;. The fraction of sp³-hybridized carbons (Fsp3) is 0.214. The molecule has 0 unspecified atom stereocenters. The van der Waals surface area contributed by atoms with E-state index in [4.69, 9.17) is 5.73 Å². The highest BCUT2D eigenvalue weighted by molar-refractivity contribution is 6.34. The minimum absolute atomic E-state index is 0.126. The van der Waals surface area contributed by atoms with Crippen molar-refractivity contribution in [1.29, 1.82) is 0 Å². The zero-order valence-corrected chi connectivity index (χ0v) is 21.9. The summed E-state index contributed by atoms with van der Waals surface area (Å²) >= 11 is 0. The molecule has 1 aliphatic rings. The number of aromatic nitrogens is 1. The van der Waals surface area contributed by atoms with Crippen LogP contribution >= 0.6 is 0 Å². The van der Waals surface area contributed by atoms with Crippen molar-refractivity contribution in [1.82, 2.24) is 15.6 Å². The average Bonchev–Trinajstić information content (AvgIpc) is 3.35. The van der Waals surface area contributed by atoms with E-state index >= 15 is 0 Å². The van der Waals surface area contributed by atoms with E-state index in [0.29, 0.717) is 63.7 Å². The highest BCUT2D eigenvalue weighted by Crippen LogP contribution is 2.34. The van der Waals surface area contributed by atoms with Crippen molar-refractivity contribution in [3.05, 3.63) is 76.4 Å². The number of nitrogens with one attached hydrogen (secondary N) is 5. The van der Waals surface area contributed by atoms with Gasteiger partial charge < -0.3 is 32.0 Å². The Morgan fingerprint density at radius 1 is 1.10 bits per heavy atom. The van der Waals surface area contributed by atoms with E-state index < -0.39 is 5.82 Å². The zero-order chi connectivity index (χ0) is 28.5. The second-order valence-electron chi connectivity index (χ2n) is 8.67. The summed E-state index contributed by atoms with van der Waals surface area (Å²) in [6.45, 7) is 6.13. The number of aromatic amines is 1. The molecule has 0 fully saturated rings. The number of halogens is 1. The zero-order valence-electron chi connectivity index (χ0n) is 21.9. The molecule has 204 valence electrons. The summed E-state index contributed by atoms with van der Waals surface area (Å²) in [5.74, 6) is -1.19. The van der Waals surface area contributed by atoms with Crippen LogP contribution in [0.4, 0.5) is 21.5 Å². The van der Waals surface area contributed by atoms with E-state index in [-0.39, 0.29) is 30.7 Å². The Balaban J connectivity index is 0.000000353. The topological polar surface area (TPSA) is 158 Å². The minimum atomic E-state index is -0.433. The molecular weight excluding hydrogens is 503 g/mol. The van der Waals surface area contributed by atoms with Gasteiger partial charge in [0, 0.05) is 42.1 Å². The summed E-state index contributed by atoms with van der Waals surface area (Å²) in [5.41, 5.74) is 10.4. The van der Waals surface area contributed by atoms with Gasteiger partial charge in [0.05, 0.1) is 22.5 Å². The summed E-state index contributed by atoms with van der Waals surface area (Å²) in [6.07, 6.45) is 2.42. The van der Waals surface area contributed by atoms with Crippen LogP contribution in [0.1, 0.15) is 46.2 Å². The maximum atomic E-state index is 13.6. The lowest BCUT2D eigenvalue weighted by molar-refractivity contribution is -0.120. The van der Waals surface area contributed by atoms with Crippen molar-refractivity contribution >= 4 is 52.8 Å². The van der Waals surface area contributed by atoms with Gasteiger partial charge in [-0.25, -0.2) is 4.39 Å². The van der Waals surface area contributed by atoms with Crippen LogP contribution in [0, 0.1) is 19.7 Å². The first kappa shape index (κ1) is 28.6. The van der Waals surface area contributed by atoms with Crippen LogP contribution in [0.25, 0.3) is 11.6 Å². The molecule has 1 aliphatic heterocycles. The van der Waals surface area contributed by atoms with E-state index in [1.54, 1.807) is 32.1 Å². The quantitative estimate of drug-likeness (QED) is 0.148. The molecule has 0 saturated carbocycles. The molecule has 4 rings (SSSR count). The molecular formula is C28H31FN6O4. The van der Waals surface area contributed by atoms with Gasteiger partial charge in [-0.05, 0) is 62.7 Å². The van der Waals surface area contributed by atoms with E-state index in [0.717, 1.165) is 0 Å². The largest absolute Gasteiger partial charge is 0.397 e. The highest BCUT2D eigenvalue weighted by atomic mass is 19.1. The third kappa shape index (κ3) is 7.10. The van der Waals surface area contributed by atoms with Crippen molar-refractivity contribution in [3.63, 3.8) is 0 Å². The smallest absolute Gasteiger partial charge is 0.256 e. The molecule has 1 aromatic heterocycles. The molecule has 0 spiro atoms. The Kier molecular flexibility index (Phi) is 9.58. The van der Waals surface area contributed by atoms with E-state index in [2.05, 4.69) is 26.3 Å². The number of carbonyl (C=O) groups excluding carboxylic acids is 4. The van der Waals surface area contributed by atoms with Crippen LogP contribution < -0.4 is 27.0 Å². The second kappa shape index (κ2) is 13.0. The highest BCUT2D eigenvalue weighted by Gasteiger charge is 2.26. The van der Waals surface area contributed by atoms with Gasteiger partial charge in [0.2, 0.25) is 12.3 Å². The molecule has 2 heterocycles. The number of fused-ring (bicyclic) bond motifs is 1. The van der Waals surface area contributed by atoms with Crippen molar-refractivity contribution in [2.24, 2.45) is 0 Å². The Hall–Kier alpha value is -4.93. The van der Waals surface area contributed by atoms with Gasteiger partial charge in [-0.2, -0.15) is 0 Å². The predicted molar refractivity (Wildman–Crippen MR) is 149 cm³/mol. The molecule has 0 saturated heterocycles. The number of para-hydroxylation sites is 2. The maximum Gasteiger partial charge on any atom is 0.256 e. The van der Waals surface area contributed by atoms with Gasteiger partial charge in [-0.3, -0.25) is 19.2 Å². The molecule has 0 radical (unpaired) electrons. The summed E-state index contributed by atoms with van der Waals surface area (Å²) in [5, 5.41) is 10.6. The molecule has 3 aromatic rings. The number of nitrogens with two attached hydrogens (primary N) is 1. The molecule has 10 nitrogen and oxygen atoms in total. The lowest BCUT2D eigenvalue weighted by Gasteiger charge is -2.06. The second-order valence-corrected chi connectivity index (χ2v) is 8.67. The van der Waals surface area contributed by atoms with Crippen molar-refractivity contribution in [3.8, 4) is 0 Å². The van der Waals surface area contributed by atoms with Crippen LogP contribution in [0.3, 0.4) is 0 Å². The fourth-order valence-corrected chi connectivity index (χ4v) is 4.06. The minimum Gasteiger partial charge on any atom is -0.397 e. The van der Waals surface area contributed by atoms with Gasteiger partial charge >= 0.3 is 0 Å². The summed E-state index contributed by atoms with van der Waals surface area (Å²) in [7, 11) is 0. The fourth-order valence-electron chi connectivity index (χ4n) is 4.06. The molecule has 7 N–H and O–H groups in total. The molecule has 11 heteroatoms. The number of carbonyl (C=O) groups is 4. The molecule has 0 atom stereocenters. The van der Waals surface area contributed by atoms with Gasteiger partial charge in [-0.1, -0.05) is 12.1 Å². The molecule has 0 bridgehead atoms. The summed E-state index contributed by atoms with van der Waals surface area (Å²) in [6, 6.07) is 11.2. The maximum absolute atomic E-state index is 13.6. The van der Waals surface area contributed by atoms with Crippen LogP contribution in [-0.2, 0) is 14.4 Å². The Bertz CT molecular complexity index is 1430. The Labute approximate surface area is 225 Å². The number of hydrogen-bond acceptors (Lipinski definition) is 5. The van der Waals surface area contributed by atoms with E-state index in [1.807, 2.05) is 19.1 Å². The lowest BCUT2D eigenvalue weighted by Crippen LogP contribution is -2.31. The molecule has 39 heavy (non-hydrogen) atoms. The van der Waals surface area contributed by atoms with Gasteiger partial charge in [-0.15, -0.1) is 0 Å². The third-order valence-electron chi connectivity index (χ3n) is 5.94. The lowest BCUT2D eigenvalue weighted by atomic mass is 10.0. The van der Waals surface area contributed by atoms with Gasteiger partial charge in [0.15, 0.2) is 0 Å². The number of rotatable bonds is 8. The van der Waals surface area contributed by atoms with Crippen LogP contribution in [0.5, 0.6) is 0 Å². The Morgan fingerprint density at radius 3 is 2.54 bits per heavy atom. The van der Waals surface area contributed by atoms with Crippen molar-refractivity contribution in [2.75, 3.05) is 29.5 Å². The number of benzene rings is 2. The van der Waals surface area contributed by atoms with Crippen molar-refractivity contribution in [2.45, 2.75) is 27.2 Å². The summed E-state index contributed by atoms with van der Waals surface area (Å²) < 4.78 is 13.6. The molecule has 0 aliphatic carbocycles. The molecule has 2 aromatic carbocycles. The first-order chi connectivity index (χ1) is 18.7. The number of hydrogen-bond donors (Lipinski definition) is 6. The number of H-pyrrole nitrogens is 1. The van der Waals surface area contributed by atoms with Crippen LogP contribution in [-0.4, -0.2) is 42.2 Å². The summed E-state index contributed by atoms with van der Waals surface area (Å²) in [4.78, 5) is 49.5. The van der Waals surface area contributed by atoms with Crippen LogP contribution in [0.15, 0.2) is 42.5 Å². The predicted octanol–water partition coefficient (Wildman–Crippen LogP) is 3.36. The van der Waals surface area contributed by atoms with E-state index in [9.17, 15) is 23.6 Å². The molecule has 4 amide bonds. The monoisotopic (exact) mass is 534 g/mol. The SMILES string of the molecule is CCNC(=O)CCNC(=O)c1c(C)[nH]c(/C=C2\C(=O)Nc3ccc(F)cc32)c1C.Nc1ccccc1NC=O. The van der Waals surface area contributed by atoms with Crippen molar-refractivity contribution < 1.29 is 23.6 Å². The third-order valence-corrected chi connectivity index (χ3v) is 5.94. The number of nitrogen functional groups attached to an aromatic ring is 1. The van der Waals surface area contributed by atoms with Gasteiger partial charge in [0.1, 0.15) is 5.82 Å². The first-order valence-electron chi connectivity index (χ1n) is 12.3. The van der Waals surface area contributed by atoms with Crippen LogP contribution in [0.2, 0.25) is 0 Å². The normalized spacial score (nSPS) is 12.6. The first-order valence-corrected chi connectivity index (χ1v) is 12.3. The Morgan fingerprint density at radius 2 is 1.85 bits per heavy atom. The average molecular weight is 535 g/mol. The number of anilines is 3. The number of aryl methyl sites for hydroxylation is 1. The van der Waals surface area contributed by atoms with Gasteiger partial charge in [0.25, 0.3) is 11.8 Å². The van der Waals surface area contributed by atoms with E-state index in [1.165, 1.54) is 18.2 Å². The number of amides is 4.